The molecule has 2 heterocycles. The van der Waals surface area contributed by atoms with Crippen LogP contribution in [0.25, 0.3) is 0 Å². The van der Waals surface area contributed by atoms with Gasteiger partial charge in [0.2, 0.25) is 0 Å². The van der Waals surface area contributed by atoms with Crippen LogP contribution in [0.1, 0.15) is 24.0 Å². The molecule has 1 fully saturated rings. The van der Waals surface area contributed by atoms with E-state index in [1.807, 2.05) is 6.92 Å². The molecule has 136 valence electrons. The van der Waals surface area contributed by atoms with E-state index in [9.17, 15) is 13.2 Å². The molecular formula is C15H23F3N4OS. The number of alkyl halides is 3. The number of hydrogen-bond donors (Lipinski definition) is 1. The summed E-state index contributed by atoms with van der Waals surface area (Å²) in [6.07, 6.45) is -2.91. The van der Waals surface area contributed by atoms with Crippen LogP contribution in [0, 0.1) is 5.92 Å². The predicted octanol–water partition coefficient (Wildman–Crippen LogP) is 2.64. The molecule has 0 aromatic carbocycles. The molecule has 1 saturated heterocycles. The van der Waals surface area contributed by atoms with E-state index >= 15 is 0 Å². The third kappa shape index (κ3) is 5.34. The Kier molecular flexibility index (Phi) is 6.85. The molecule has 9 heteroatoms. The van der Waals surface area contributed by atoms with Crippen LogP contribution in [0.2, 0.25) is 0 Å². The van der Waals surface area contributed by atoms with Crippen molar-refractivity contribution < 1.29 is 17.9 Å². The quantitative estimate of drug-likeness (QED) is 0.623. The number of hydrogen-bond acceptors (Lipinski definition) is 4. The Morgan fingerprint density at radius 2 is 2.33 bits per heavy atom. The Morgan fingerprint density at radius 3 is 2.96 bits per heavy atom. The molecule has 1 aliphatic rings. The van der Waals surface area contributed by atoms with E-state index in [1.54, 1.807) is 7.11 Å². The van der Waals surface area contributed by atoms with Crippen molar-refractivity contribution in [2.75, 3.05) is 39.9 Å². The second-order valence-electron chi connectivity index (χ2n) is 5.67. The van der Waals surface area contributed by atoms with Crippen LogP contribution in [0.3, 0.4) is 0 Å². The highest BCUT2D eigenvalue weighted by Crippen LogP contribution is 2.30. The van der Waals surface area contributed by atoms with Crippen molar-refractivity contribution in [3.63, 3.8) is 0 Å². The first-order chi connectivity index (χ1) is 11.4. The number of guanidine groups is 1. The van der Waals surface area contributed by atoms with Gasteiger partial charge in [0.05, 0.1) is 11.6 Å². The predicted molar refractivity (Wildman–Crippen MR) is 88.4 cm³/mol. The van der Waals surface area contributed by atoms with E-state index in [-0.39, 0.29) is 0 Å². The van der Waals surface area contributed by atoms with Gasteiger partial charge in [-0.25, -0.2) is 4.98 Å². The van der Waals surface area contributed by atoms with Gasteiger partial charge >= 0.3 is 6.18 Å². The monoisotopic (exact) mass is 364 g/mol. The number of rotatable bonds is 6. The van der Waals surface area contributed by atoms with E-state index in [4.69, 9.17) is 4.74 Å². The molecule has 1 aromatic heterocycles. The van der Waals surface area contributed by atoms with Gasteiger partial charge in [-0.1, -0.05) is 0 Å². The lowest BCUT2D eigenvalue weighted by Gasteiger charge is -2.21. The highest BCUT2D eigenvalue weighted by Gasteiger charge is 2.33. The molecule has 1 unspecified atom stereocenters. The number of nitrogens with zero attached hydrogens (tertiary/aromatic N) is 3. The molecule has 0 spiro atoms. The fourth-order valence-corrected chi connectivity index (χ4v) is 3.43. The number of thiazole rings is 1. The summed E-state index contributed by atoms with van der Waals surface area (Å²) >= 11 is 1.03. The lowest BCUT2D eigenvalue weighted by atomic mass is 10.1. The van der Waals surface area contributed by atoms with Crippen LogP contribution in [0.5, 0.6) is 0 Å². The first-order valence-electron chi connectivity index (χ1n) is 7.97. The van der Waals surface area contributed by atoms with Crippen molar-refractivity contribution in [2.24, 2.45) is 10.9 Å². The smallest absolute Gasteiger partial charge is 0.384 e. The van der Waals surface area contributed by atoms with E-state index in [1.165, 1.54) is 0 Å². The summed E-state index contributed by atoms with van der Waals surface area (Å²) in [5, 5.41) is 4.76. The number of ether oxygens (including phenoxy) is 1. The molecule has 0 saturated carbocycles. The molecule has 24 heavy (non-hydrogen) atoms. The Bertz CT molecular complexity index is 547. The average molecular weight is 364 g/mol. The Hall–Kier alpha value is -1.35. The lowest BCUT2D eigenvalue weighted by Crippen LogP contribution is -2.40. The number of methoxy groups -OCH3 is 1. The van der Waals surface area contributed by atoms with Crippen LogP contribution in [0.4, 0.5) is 13.2 Å². The highest BCUT2D eigenvalue weighted by molar-refractivity contribution is 7.09. The van der Waals surface area contributed by atoms with Crippen LogP contribution in [-0.2, 0) is 17.3 Å². The molecule has 0 radical (unpaired) electrons. The third-order valence-electron chi connectivity index (χ3n) is 3.75. The van der Waals surface area contributed by atoms with E-state index in [0.717, 1.165) is 55.3 Å². The third-order valence-corrected chi connectivity index (χ3v) is 4.66. The summed E-state index contributed by atoms with van der Waals surface area (Å²) in [5.41, 5.74) is -0.819. The maximum absolute atomic E-state index is 12.5. The molecule has 5 nitrogen and oxygen atoms in total. The average Bonchev–Trinajstić information content (AvgIpc) is 3.15. The number of nitrogens with one attached hydrogen (secondary N) is 1. The Labute approximate surface area is 143 Å². The van der Waals surface area contributed by atoms with E-state index in [0.29, 0.717) is 23.9 Å². The summed E-state index contributed by atoms with van der Waals surface area (Å²) in [7, 11) is 1.70. The zero-order valence-corrected chi connectivity index (χ0v) is 14.7. The van der Waals surface area contributed by atoms with Gasteiger partial charge in [0.25, 0.3) is 0 Å². The van der Waals surface area contributed by atoms with Gasteiger partial charge in [-0.2, -0.15) is 13.2 Å². The van der Waals surface area contributed by atoms with Crippen molar-refractivity contribution in [1.29, 1.82) is 0 Å². The van der Waals surface area contributed by atoms with Crippen LogP contribution < -0.4 is 5.32 Å². The normalized spacial score (nSPS) is 19.1. The van der Waals surface area contributed by atoms with Gasteiger partial charge in [-0.15, -0.1) is 11.3 Å². The van der Waals surface area contributed by atoms with Gasteiger partial charge in [0.1, 0.15) is 0 Å². The summed E-state index contributed by atoms with van der Waals surface area (Å²) < 4.78 is 42.8. The minimum absolute atomic E-state index is 0.408. The van der Waals surface area contributed by atoms with Gasteiger partial charge in [-0.05, 0) is 13.3 Å². The van der Waals surface area contributed by atoms with E-state index in [2.05, 4.69) is 20.2 Å². The molecule has 0 bridgehead atoms. The van der Waals surface area contributed by atoms with E-state index < -0.39 is 11.9 Å². The van der Waals surface area contributed by atoms with Crippen molar-refractivity contribution in [1.82, 2.24) is 15.2 Å². The molecule has 1 N–H and O–H groups in total. The lowest BCUT2D eigenvalue weighted by molar-refractivity contribution is -0.140. The Morgan fingerprint density at radius 1 is 1.54 bits per heavy atom. The maximum Gasteiger partial charge on any atom is 0.434 e. The fourth-order valence-electron chi connectivity index (χ4n) is 2.64. The number of likely N-dealkylation sites (tertiary alicyclic amines) is 1. The van der Waals surface area contributed by atoms with Crippen molar-refractivity contribution in [3.8, 4) is 0 Å². The first kappa shape index (κ1) is 19.0. The van der Waals surface area contributed by atoms with Crippen LogP contribution in [0.15, 0.2) is 10.4 Å². The summed E-state index contributed by atoms with van der Waals surface area (Å²) in [6.45, 7) is 5.69. The van der Waals surface area contributed by atoms with Gasteiger partial charge < -0.3 is 15.0 Å². The van der Waals surface area contributed by atoms with Crippen molar-refractivity contribution >= 4 is 17.3 Å². The number of halogens is 3. The SMILES string of the molecule is CCNC(=NCCc1nc(C(F)(F)F)cs1)N1CCC(COC)C1. The largest absolute Gasteiger partial charge is 0.434 e. The van der Waals surface area contributed by atoms with Crippen LogP contribution in [-0.4, -0.2) is 55.7 Å². The number of aromatic nitrogens is 1. The summed E-state index contributed by atoms with van der Waals surface area (Å²) in [6, 6.07) is 0. The molecular weight excluding hydrogens is 341 g/mol. The van der Waals surface area contributed by atoms with Crippen molar-refractivity contribution in [2.45, 2.75) is 25.9 Å². The zero-order chi connectivity index (χ0) is 17.6. The topological polar surface area (TPSA) is 49.8 Å². The van der Waals surface area contributed by atoms with Crippen LogP contribution >= 0.6 is 11.3 Å². The van der Waals surface area contributed by atoms with Gasteiger partial charge in [-0.3, -0.25) is 4.99 Å². The molecule has 1 aliphatic heterocycles. The fraction of sp³-hybridized carbons (Fsp3) is 0.733. The minimum Gasteiger partial charge on any atom is -0.384 e. The molecule has 0 amide bonds. The van der Waals surface area contributed by atoms with Gasteiger partial charge in [0.15, 0.2) is 11.7 Å². The highest BCUT2D eigenvalue weighted by atomic mass is 32.1. The minimum atomic E-state index is -4.38. The molecule has 1 atom stereocenters. The maximum atomic E-state index is 12.5. The number of aliphatic imine (C=N–C) groups is 1. The second-order valence-corrected chi connectivity index (χ2v) is 6.61. The summed E-state index contributed by atoms with van der Waals surface area (Å²) in [4.78, 5) is 10.3. The zero-order valence-electron chi connectivity index (χ0n) is 13.9. The second kappa shape index (κ2) is 8.66. The molecule has 1 aromatic rings. The Balaban J connectivity index is 1.90. The first-order valence-corrected chi connectivity index (χ1v) is 8.85. The summed E-state index contributed by atoms with van der Waals surface area (Å²) in [5.74, 6) is 1.30. The molecule has 2 rings (SSSR count). The van der Waals surface area contributed by atoms with Gasteiger partial charge in [0, 0.05) is 51.0 Å². The van der Waals surface area contributed by atoms with Crippen molar-refractivity contribution in [3.05, 3.63) is 16.1 Å². The standard InChI is InChI=1S/C15H23F3N4OS/c1-3-19-14(22-7-5-11(8-22)9-23-2)20-6-4-13-21-12(10-24-13)15(16,17)18/h10-11H,3-9H2,1-2H3,(H,19,20). The molecule has 0 aliphatic carbocycles.